The van der Waals surface area contributed by atoms with Crippen LogP contribution in [0.5, 0.6) is 0 Å². The molecule has 0 aliphatic rings. The van der Waals surface area contributed by atoms with Crippen molar-refractivity contribution in [2.45, 2.75) is 6.04 Å². The lowest BCUT2D eigenvalue weighted by atomic mass is 10.1. The Morgan fingerprint density at radius 1 is 1.43 bits per heavy atom. The van der Waals surface area contributed by atoms with Crippen molar-refractivity contribution in [2.75, 3.05) is 14.1 Å². The van der Waals surface area contributed by atoms with Crippen LogP contribution < -0.4 is 5.32 Å². The van der Waals surface area contributed by atoms with Crippen LogP contribution in [0.1, 0.15) is 11.6 Å². The molecule has 0 saturated carbocycles. The molecule has 4 nitrogen and oxygen atoms in total. The average Bonchev–Trinajstić information content (AvgIpc) is 2.19. The van der Waals surface area contributed by atoms with Crippen LogP contribution in [-0.4, -0.2) is 30.3 Å². The number of nitrogens with zero attached hydrogens (tertiary/aromatic N) is 1. The van der Waals surface area contributed by atoms with E-state index in [0.29, 0.717) is 0 Å². The first-order chi connectivity index (χ1) is 6.66. The first-order valence-electron chi connectivity index (χ1n) is 4.35. The molecule has 0 saturated heterocycles. The van der Waals surface area contributed by atoms with Gasteiger partial charge in [-0.25, -0.2) is 0 Å². The van der Waals surface area contributed by atoms with Crippen LogP contribution in [0.15, 0.2) is 30.3 Å². The maximum atomic E-state index is 11.4. The van der Waals surface area contributed by atoms with E-state index in [0.717, 1.165) is 10.6 Å². The lowest BCUT2D eigenvalue weighted by molar-refractivity contribution is -0.147. The molecular weight excluding hydrogens is 180 g/mol. The zero-order chi connectivity index (χ0) is 10.6. The predicted molar refractivity (Wildman–Crippen MR) is 52.8 cm³/mol. The molecule has 0 aromatic heterocycles. The number of benzene rings is 1. The third-order valence-electron chi connectivity index (χ3n) is 1.98. The van der Waals surface area contributed by atoms with Gasteiger partial charge in [-0.2, -0.15) is 5.06 Å². The first kappa shape index (κ1) is 10.7. The summed E-state index contributed by atoms with van der Waals surface area (Å²) in [6.45, 7) is 0. The number of carbonyl (C=O) groups excluding carboxylic acids is 1. The summed E-state index contributed by atoms with van der Waals surface area (Å²) in [5.41, 5.74) is 0.761. The second-order valence-electron chi connectivity index (χ2n) is 3.00. The van der Waals surface area contributed by atoms with Crippen molar-refractivity contribution < 1.29 is 10.0 Å². The van der Waals surface area contributed by atoms with Gasteiger partial charge in [0, 0.05) is 14.1 Å². The summed E-state index contributed by atoms with van der Waals surface area (Å²) in [5, 5.41) is 12.7. The lowest BCUT2D eigenvalue weighted by Crippen LogP contribution is -2.35. The maximum Gasteiger partial charge on any atom is 0.244 e. The molecule has 1 aromatic rings. The first-order valence-corrected chi connectivity index (χ1v) is 4.35. The van der Waals surface area contributed by atoms with Crippen LogP contribution in [0, 0.1) is 0 Å². The monoisotopic (exact) mass is 194 g/mol. The number of nitrogens with one attached hydrogen (secondary N) is 1. The quantitative estimate of drug-likeness (QED) is 0.700. The highest BCUT2D eigenvalue weighted by atomic mass is 16.5. The summed E-state index contributed by atoms with van der Waals surface area (Å²) in [6.07, 6.45) is 0. The van der Waals surface area contributed by atoms with E-state index in [4.69, 9.17) is 0 Å². The molecule has 76 valence electrons. The SMILES string of the molecule is CNC(=O)C(c1ccccc1)N(C)O. The molecule has 0 bridgehead atoms. The number of hydrogen-bond donors (Lipinski definition) is 2. The van der Waals surface area contributed by atoms with Crippen LogP contribution >= 0.6 is 0 Å². The average molecular weight is 194 g/mol. The number of hydroxylamine groups is 2. The third kappa shape index (κ3) is 2.31. The Bertz CT molecular complexity index is 298. The molecule has 4 heteroatoms. The normalized spacial score (nSPS) is 12.6. The molecule has 1 aromatic carbocycles. The molecule has 0 fully saturated rings. The Balaban J connectivity index is 2.95. The Labute approximate surface area is 83.1 Å². The fourth-order valence-electron chi connectivity index (χ4n) is 1.31. The van der Waals surface area contributed by atoms with Crippen LogP contribution in [0.4, 0.5) is 0 Å². The molecule has 1 amide bonds. The van der Waals surface area contributed by atoms with E-state index in [9.17, 15) is 10.0 Å². The molecule has 1 atom stereocenters. The molecule has 0 heterocycles. The molecule has 1 rings (SSSR count). The maximum absolute atomic E-state index is 11.4. The smallest absolute Gasteiger partial charge is 0.244 e. The number of likely N-dealkylation sites (N-methyl/N-ethyl adjacent to an activating group) is 2. The Kier molecular flexibility index (Phi) is 3.62. The minimum Gasteiger partial charge on any atom is -0.357 e. The highest BCUT2D eigenvalue weighted by Crippen LogP contribution is 2.17. The van der Waals surface area contributed by atoms with Crippen molar-refractivity contribution in [3.8, 4) is 0 Å². The van der Waals surface area contributed by atoms with Gasteiger partial charge in [0.15, 0.2) is 0 Å². The molecule has 0 radical (unpaired) electrons. The Morgan fingerprint density at radius 3 is 2.43 bits per heavy atom. The van der Waals surface area contributed by atoms with Gasteiger partial charge >= 0.3 is 0 Å². The molecule has 0 aliphatic heterocycles. The highest BCUT2D eigenvalue weighted by molar-refractivity contribution is 5.82. The molecule has 1 unspecified atom stereocenters. The zero-order valence-corrected chi connectivity index (χ0v) is 8.27. The second-order valence-corrected chi connectivity index (χ2v) is 3.00. The van der Waals surface area contributed by atoms with Gasteiger partial charge in [-0.3, -0.25) is 4.79 Å². The number of rotatable bonds is 3. The van der Waals surface area contributed by atoms with Gasteiger partial charge in [-0.05, 0) is 5.56 Å². The second kappa shape index (κ2) is 4.74. The summed E-state index contributed by atoms with van der Waals surface area (Å²) >= 11 is 0. The fourth-order valence-corrected chi connectivity index (χ4v) is 1.31. The van der Waals surface area contributed by atoms with E-state index in [-0.39, 0.29) is 5.91 Å². The molecule has 0 spiro atoms. The summed E-state index contributed by atoms with van der Waals surface area (Å²) in [5.74, 6) is -0.235. The van der Waals surface area contributed by atoms with Gasteiger partial charge in [0.2, 0.25) is 5.91 Å². The number of amides is 1. The number of carbonyl (C=O) groups is 1. The topological polar surface area (TPSA) is 52.6 Å². The Morgan fingerprint density at radius 2 is 2.00 bits per heavy atom. The minimum atomic E-state index is -0.652. The number of hydrogen-bond acceptors (Lipinski definition) is 3. The van der Waals surface area contributed by atoms with Gasteiger partial charge < -0.3 is 10.5 Å². The largest absolute Gasteiger partial charge is 0.357 e. The minimum absolute atomic E-state index is 0.235. The molecule has 0 aliphatic carbocycles. The van der Waals surface area contributed by atoms with E-state index in [1.165, 1.54) is 7.05 Å². The Hall–Kier alpha value is -1.39. The van der Waals surface area contributed by atoms with Crippen LogP contribution in [0.2, 0.25) is 0 Å². The van der Waals surface area contributed by atoms with Crippen LogP contribution in [0.25, 0.3) is 0 Å². The summed E-state index contributed by atoms with van der Waals surface area (Å²) in [7, 11) is 2.99. The van der Waals surface area contributed by atoms with Crippen molar-refractivity contribution >= 4 is 5.91 Å². The fraction of sp³-hybridized carbons (Fsp3) is 0.300. The van der Waals surface area contributed by atoms with Crippen molar-refractivity contribution in [3.63, 3.8) is 0 Å². The van der Waals surface area contributed by atoms with E-state index < -0.39 is 6.04 Å². The summed E-state index contributed by atoms with van der Waals surface area (Å²) in [6, 6.07) is 8.46. The van der Waals surface area contributed by atoms with Crippen LogP contribution in [0.3, 0.4) is 0 Å². The molecular formula is C10H14N2O2. The van der Waals surface area contributed by atoms with Crippen molar-refractivity contribution in [2.24, 2.45) is 0 Å². The summed E-state index contributed by atoms with van der Waals surface area (Å²) < 4.78 is 0. The van der Waals surface area contributed by atoms with Gasteiger partial charge in [-0.15, -0.1) is 0 Å². The van der Waals surface area contributed by atoms with Gasteiger partial charge in [0.05, 0.1) is 0 Å². The highest BCUT2D eigenvalue weighted by Gasteiger charge is 2.22. The van der Waals surface area contributed by atoms with Crippen molar-refractivity contribution in [1.82, 2.24) is 10.4 Å². The van der Waals surface area contributed by atoms with E-state index in [1.54, 1.807) is 19.2 Å². The molecule has 2 N–H and O–H groups in total. The standard InChI is InChI=1S/C10H14N2O2/c1-11-10(13)9(12(2)14)8-6-4-3-5-7-8/h3-7,9,14H,1-2H3,(H,11,13). The van der Waals surface area contributed by atoms with Crippen LogP contribution in [-0.2, 0) is 4.79 Å². The van der Waals surface area contributed by atoms with E-state index in [1.807, 2.05) is 18.2 Å². The molecule has 14 heavy (non-hydrogen) atoms. The zero-order valence-electron chi connectivity index (χ0n) is 8.27. The predicted octanol–water partition coefficient (Wildman–Crippen LogP) is 0.795. The van der Waals surface area contributed by atoms with Gasteiger partial charge in [-0.1, -0.05) is 30.3 Å². The van der Waals surface area contributed by atoms with Gasteiger partial charge in [0.25, 0.3) is 0 Å². The van der Waals surface area contributed by atoms with E-state index in [2.05, 4.69) is 5.32 Å². The van der Waals surface area contributed by atoms with Crippen molar-refractivity contribution in [1.29, 1.82) is 0 Å². The lowest BCUT2D eigenvalue weighted by Gasteiger charge is -2.20. The third-order valence-corrected chi connectivity index (χ3v) is 1.98. The van der Waals surface area contributed by atoms with E-state index >= 15 is 0 Å². The summed E-state index contributed by atoms with van der Waals surface area (Å²) in [4.78, 5) is 11.4. The van der Waals surface area contributed by atoms with Crippen molar-refractivity contribution in [3.05, 3.63) is 35.9 Å². The van der Waals surface area contributed by atoms with Gasteiger partial charge in [0.1, 0.15) is 6.04 Å².